The van der Waals surface area contributed by atoms with Gasteiger partial charge < -0.3 is 24.8 Å². The van der Waals surface area contributed by atoms with Gasteiger partial charge >= 0.3 is 0 Å². The quantitative estimate of drug-likeness (QED) is 0.276. The number of nitrogens with one attached hydrogen (secondary N) is 2. The minimum atomic E-state index is -0.246. The minimum Gasteiger partial charge on any atom is -0.490 e. The highest BCUT2D eigenvalue weighted by Gasteiger charge is 2.18. The summed E-state index contributed by atoms with van der Waals surface area (Å²) >= 11 is 1.69. The molecular weight excluding hydrogens is 480 g/mol. The van der Waals surface area contributed by atoms with Crippen molar-refractivity contribution in [2.24, 2.45) is 0 Å². The summed E-state index contributed by atoms with van der Waals surface area (Å²) in [5.41, 5.74) is 1.13. The van der Waals surface area contributed by atoms with E-state index < -0.39 is 0 Å². The number of fused-ring (bicyclic) bond motifs is 1. The van der Waals surface area contributed by atoms with Crippen molar-refractivity contribution in [3.05, 3.63) is 52.6 Å². The molecule has 3 heterocycles. The number of ether oxygens (including phenoxy) is 3. The fourth-order valence-electron chi connectivity index (χ4n) is 3.68. The van der Waals surface area contributed by atoms with Crippen molar-refractivity contribution in [1.29, 1.82) is 0 Å². The average Bonchev–Trinajstić information content (AvgIpc) is 3.55. The molecule has 0 radical (unpaired) electrons. The first kappa shape index (κ1) is 25.2. The van der Waals surface area contributed by atoms with Gasteiger partial charge in [0.05, 0.1) is 44.5 Å². The molecule has 3 aromatic heterocycles. The van der Waals surface area contributed by atoms with Crippen LogP contribution in [-0.2, 0) is 13.1 Å². The molecule has 0 aliphatic heterocycles. The number of nitrogens with zero attached hydrogens (tertiary/aromatic N) is 4. The number of hydrogen-bond acceptors (Lipinski definition) is 9. The van der Waals surface area contributed by atoms with Crippen LogP contribution in [0.3, 0.4) is 0 Å². The molecular formula is C25H30N6O4S. The normalized spacial score (nSPS) is 10.9. The summed E-state index contributed by atoms with van der Waals surface area (Å²) in [5.74, 6) is 1.94. The summed E-state index contributed by atoms with van der Waals surface area (Å²) in [7, 11) is 0. The lowest BCUT2D eigenvalue weighted by molar-refractivity contribution is 0.0951. The molecule has 0 spiro atoms. The smallest absolute Gasteiger partial charge is 0.251 e. The molecule has 4 rings (SSSR count). The largest absolute Gasteiger partial charge is 0.490 e. The molecule has 0 aliphatic rings. The molecule has 10 nitrogen and oxygen atoms in total. The van der Waals surface area contributed by atoms with Crippen LogP contribution in [0.4, 0.5) is 5.82 Å². The summed E-state index contributed by atoms with van der Waals surface area (Å²) in [4.78, 5) is 22.9. The summed E-state index contributed by atoms with van der Waals surface area (Å²) in [5, 5.41) is 13.6. The third kappa shape index (κ3) is 5.85. The van der Waals surface area contributed by atoms with Crippen molar-refractivity contribution in [1.82, 2.24) is 25.1 Å². The van der Waals surface area contributed by atoms with Gasteiger partial charge in [-0.25, -0.2) is 14.6 Å². The Hall–Kier alpha value is -3.86. The Morgan fingerprint density at radius 3 is 2.47 bits per heavy atom. The van der Waals surface area contributed by atoms with Crippen molar-refractivity contribution in [3.8, 4) is 17.2 Å². The van der Waals surface area contributed by atoms with Gasteiger partial charge in [-0.05, 0) is 44.4 Å². The average molecular weight is 511 g/mol. The first-order valence-corrected chi connectivity index (χ1v) is 12.8. The molecule has 11 heteroatoms. The zero-order valence-corrected chi connectivity index (χ0v) is 21.4. The van der Waals surface area contributed by atoms with Gasteiger partial charge in [-0.1, -0.05) is 6.07 Å². The van der Waals surface area contributed by atoms with E-state index in [1.54, 1.807) is 34.3 Å². The Labute approximate surface area is 213 Å². The van der Waals surface area contributed by atoms with Crippen molar-refractivity contribution < 1.29 is 19.0 Å². The summed E-state index contributed by atoms with van der Waals surface area (Å²) < 4.78 is 18.9. The van der Waals surface area contributed by atoms with Crippen molar-refractivity contribution in [2.75, 3.05) is 31.7 Å². The Kier molecular flexibility index (Phi) is 8.56. The van der Waals surface area contributed by atoms with E-state index in [-0.39, 0.29) is 5.91 Å². The first-order valence-electron chi connectivity index (χ1n) is 11.9. The predicted molar refractivity (Wildman–Crippen MR) is 139 cm³/mol. The van der Waals surface area contributed by atoms with Crippen LogP contribution in [0.15, 0.2) is 42.2 Å². The van der Waals surface area contributed by atoms with Gasteiger partial charge in [0.2, 0.25) is 5.75 Å². The molecule has 0 saturated carbocycles. The maximum absolute atomic E-state index is 12.9. The van der Waals surface area contributed by atoms with Crippen LogP contribution < -0.4 is 24.8 Å². The van der Waals surface area contributed by atoms with Gasteiger partial charge in [0.15, 0.2) is 17.1 Å². The number of thiophene rings is 1. The van der Waals surface area contributed by atoms with E-state index in [1.165, 1.54) is 11.2 Å². The summed E-state index contributed by atoms with van der Waals surface area (Å²) in [6.07, 6.45) is 3.25. The molecule has 190 valence electrons. The monoisotopic (exact) mass is 510 g/mol. The Balaban J connectivity index is 1.43. The molecule has 0 bridgehead atoms. The van der Waals surface area contributed by atoms with E-state index >= 15 is 0 Å². The van der Waals surface area contributed by atoms with Crippen molar-refractivity contribution in [3.63, 3.8) is 0 Å². The molecule has 0 aliphatic carbocycles. The third-order valence-corrected chi connectivity index (χ3v) is 6.10. The number of carbonyl (C=O) groups is 1. The highest BCUT2D eigenvalue weighted by atomic mass is 32.1. The predicted octanol–water partition coefficient (Wildman–Crippen LogP) is 4.13. The van der Waals surface area contributed by atoms with Gasteiger partial charge in [-0.3, -0.25) is 4.79 Å². The second kappa shape index (κ2) is 12.2. The minimum absolute atomic E-state index is 0.246. The van der Waals surface area contributed by atoms with Crippen LogP contribution in [0.2, 0.25) is 0 Å². The number of benzene rings is 1. The van der Waals surface area contributed by atoms with E-state index in [4.69, 9.17) is 14.2 Å². The highest BCUT2D eigenvalue weighted by Crippen LogP contribution is 2.39. The highest BCUT2D eigenvalue weighted by molar-refractivity contribution is 7.09. The first-order chi connectivity index (χ1) is 17.6. The Morgan fingerprint density at radius 1 is 1.06 bits per heavy atom. The van der Waals surface area contributed by atoms with Crippen LogP contribution in [-0.4, -0.2) is 52.0 Å². The molecule has 1 aromatic carbocycles. The Morgan fingerprint density at radius 2 is 1.81 bits per heavy atom. The number of hydrogen-bond donors (Lipinski definition) is 2. The van der Waals surface area contributed by atoms with E-state index in [1.807, 2.05) is 32.2 Å². The number of carbonyl (C=O) groups excluding carboxylic acids is 1. The fraction of sp³-hybridized carbons (Fsp3) is 0.360. The van der Waals surface area contributed by atoms with Gasteiger partial charge in [-0.15, -0.1) is 11.3 Å². The third-order valence-electron chi connectivity index (χ3n) is 5.22. The molecule has 0 unspecified atom stereocenters. The lowest BCUT2D eigenvalue weighted by Gasteiger charge is -2.17. The second-order valence-corrected chi connectivity index (χ2v) is 8.65. The Bertz CT molecular complexity index is 1260. The van der Waals surface area contributed by atoms with E-state index in [0.29, 0.717) is 67.9 Å². The van der Waals surface area contributed by atoms with Crippen molar-refractivity contribution >= 4 is 34.1 Å². The van der Waals surface area contributed by atoms with E-state index in [9.17, 15) is 4.79 Å². The maximum atomic E-state index is 12.9. The van der Waals surface area contributed by atoms with Crippen LogP contribution >= 0.6 is 11.3 Å². The zero-order valence-electron chi connectivity index (χ0n) is 20.6. The summed E-state index contributed by atoms with van der Waals surface area (Å²) in [6, 6.07) is 7.44. The molecule has 1 amide bonds. The number of rotatable bonds is 13. The lowest BCUT2D eigenvalue weighted by Crippen LogP contribution is -2.27. The fourth-order valence-corrected chi connectivity index (χ4v) is 4.32. The van der Waals surface area contributed by atoms with Crippen molar-refractivity contribution in [2.45, 2.75) is 33.9 Å². The van der Waals surface area contributed by atoms with Gasteiger partial charge in [0, 0.05) is 17.0 Å². The van der Waals surface area contributed by atoms with Gasteiger partial charge in [0.1, 0.15) is 12.1 Å². The zero-order chi connectivity index (χ0) is 25.3. The number of aromatic nitrogens is 4. The van der Waals surface area contributed by atoms with Gasteiger partial charge in [-0.2, -0.15) is 5.10 Å². The molecule has 2 N–H and O–H groups in total. The number of amides is 1. The van der Waals surface area contributed by atoms with Crippen LogP contribution in [0.5, 0.6) is 17.2 Å². The molecule has 36 heavy (non-hydrogen) atoms. The molecule has 0 fully saturated rings. The topological polar surface area (TPSA) is 112 Å². The maximum Gasteiger partial charge on any atom is 0.251 e. The summed E-state index contributed by atoms with van der Waals surface area (Å²) in [6.45, 7) is 8.47. The molecule has 4 aromatic rings. The molecule has 0 atom stereocenters. The lowest BCUT2D eigenvalue weighted by atomic mass is 10.1. The second-order valence-electron chi connectivity index (χ2n) is 7.62. The standard InChI is InChI=1S/C25H30N6O4S/c1-4-33-20-12-17(13-21(34-5-2)22(20)35-6-3)25(32)26-9-10-31-24-19(15-30-31)23(28-16-29-24)27-14-18-8-7-11-36-18/h7-8,11-13,15-16H,4-6,9-10,14H2,1-3H3,(H,26,32)(H,27,28,29). The van der Waals surface area contributed by atoms with Crippen LogP contribution in [0.25, 0.3) is 11.0 Å². The van der Waals surface area contributed by atoms with E-state index in [0.717, 1.165) is 11.2 Å². The molecule has 0 saturated heterocycles. The SMILES string of the molecule is CCOc1cc(C(=O)NCCn2ncc3c(NCc4cccs4)ncnc32)cc(OCC)c1OCC. The number of anilines is 1. The van der Waals surface area contributed by atoms with Gasteiger partial charge in [0.25, 0.3) is 5.91 Å². The van der Waals surface area contributed by atoms with Crippen LogP contribution in [0.1, 0.15) is 36.0 Å². The van der Waals surface area contributed by atoms with Crippen LogP contribution in [0, 0.1) is 0 Å². The van der Waals surface area contributed by atoms with E-state index in [2.05, 4.69) is 31.8 Å².